The Labute approximate surface area is 127 Å². The Morgan fingerprint density at radius 3 is 2.86 bits per heavy atom. The van der Waals surface area contributed by atoms with E-state index in [9.17, 15) is 0 Å². The maximum Gasteiger partial charge on any atom is 0.133 e. The van der Waals surface area contributed by atoms with Crippen LogP contribution in [-0.2, 0) is 6.54 Å². The number of pyridine rings is 1. The zero-order valence-corrected chi connectivity index (χ0v) is 12.3. The van der Waals surface area contributed by atoms with E-state index < -0.39 is 0 Å². The van der Waals surface area contributed by atoms with Crippen LogP contribution in [0.4, 0.5) is 5.82 Å². The van der Waals surface area contributed by atoms with Crippen molar-refractivity contribution in [2.45, 2.75) is 13.5 Å². The molecule has 3 aromatic rings. The van der Waals surface area contributed by atoms with Gasteiger partial charge in [-0.1, -0.05) is 35.6 Å². The van der Waals surface area contributed by atoms with E-state index in [0.29, 0.717) is 17.4 Å². The number of aryl methyl sites for hydroxylation is 1. The monoisotopic (exact) mass is 298 g/mol. The van der Waals surface area contributed by atoms with Crippen molar-refractivity contribution in [1.82, 2.24) is 10.1 Å². The summed E-state index contributed by atoms with van der Waals surface area (Å²) in [6, 6.07) is 11.5. The van der Waals surface area contributed by atoms with Crippen LogP contribution in [0.25, 0.3) is 10.9 Å². The minimum absolute atomic E-state index is 0.355. The van der Waals surface area contributed by atoms with Crippen LogP contribution in [0, 0.1) is 6.92 Å². The quantitative estimate of drug-likeness (QED) is 0.721. The predicted molar refractivity (Wildman–Crippen MR) is 86.2 cm³/mol. The first-order chi connectivity index (χ1) is 10.1. The number of aromatic nitrogens is 2. The van der Waals surface area contributed by atoms with Crippen molar-refractivity contribution in [3.05, 3.63) is 53.4 Å². The van der Waals surface area contributed by atoms with Gasteiger partial charge in [-0.05, 0) is 19.1 Å². The zero-order valence-electron chi connectivity index (χ0n) is 11.5. The van der Waals surface area contributed by atoms with Crippen LogP contribution in [0.5, 0.6) is 0 Å². The molecule has 0 amide bonds. The second-order valence-corrected chi connectivity index (χ2v) is 5.16. The summed E-state index contributed by atoms with van der Waals surface area (Å²) in [5, 5.41) is 8.10. The van der Waals surface area contributed by atoms with Crippen LogP contribution in [0.2, 0.25) is 0 Å². The second-order valence-electron chi connectivity index (χ2n) is 4.72. The molecule has 0 saturated heterocycles. The molecule has 6 heteroatoms. The largest absolute Gasteiger partial charge is 0.389 e. The van der Waals surface area contributed by atoms with Gasteiger partial charge in [-0.15, -0.1) is 0 Å². The van der Waals surface area contributed by atoms with Gasteiger partial charge in [0, 0.05) is 17.0 Å². The summed E-state index contributed by atoms with van der Waals surface area (Å²) in [6.45, 7) is 2.38. The molecule has 3 N–H and O–H groups in total. The molecule has 106 valence electrons. The number of para-hydroxylation sites is 1. The lowest BCUT2D eigenvalue weighted by molar-refractivity contribution is 0.391. The van der Waals surface area contributed by atoms with Crippen LogP contribution in [0.1, 0.15) is 17.0 Å². The van der Waals surface area contributed by atoms with Gasteiger partial charge in [0.15, 0.2) is 0 Å². The molecule has 0 bridgehead atoms. The number of nitrogens with one attached hydrogen (secondary N) is 1. The molecule has 2 heterocycles. The van der Waals surface area contributed by atoms with Crippen molar-refractivity contribution >= 4 is 33.9 Å². The predicted octanol–water partition coefficient (Wildman–Crippen LogP) is 2.78. The SMILES string of the molecule is Cc1cc(CNc2cc(C(N)=S)c3ccccc3n2)no1. The molecule has 0 saturated carbocycles. The van der Waals surface area contributed by atoms with Crippen molar-refractivity contribution in [2.24, 2.45) is 5.73 Å². The smallest absolute Gasteiger partial charge is 0.133 e. The molecule has 5 nitrogen and oxygen atoms in total. The molecule has 0 spiro atoms. The molecule has 0 fully saturated rings. The Morgan fingerprint density at radius 2 is 2.14 bits per heavy atom. The average Bonchev–Trinajstić information content (AvgIpc) is 2.89. The van der Waals surface area contributed by atoms with Crippen LogP contribution >= 0.6 is 12.2 Å². The summed E-state index contributed by atoms with van der Waals surface area (Å²) < 4.78 is 5.03. The van der Waals surface area contributed by atoms with Gasteiger partial charge in [-0.25, -0.2) is 4.98 Å². The van der Waals surface area contributed by atoms with Gasteiger partial charge >= 0.3 is 0 Å². The maximum absolute atomic E-state index is 5.81. The van der Waals surface area contributed by atoms with Gasteiger partial charge in [-0.3, -0.25) is 0 Å². The number of nitrogens with zero attached hydrogens (tertiary/aromatic N) is 2. The number of thiocarbonyl (C=S) groups is 1. The minimum Gasteiger partial charge on any atom is -0.389 e. The van der Waals surface area contributed by atoms with E-state index in [4.69, 9.17) is 22.5 Å². The molecule has 0 atom stereocenters. The standard InChI is InChI=1S/C15H14N4OS/c1-9-6-10(19-20-9)8-17-14-7-12(15(16)21)11-4-2-3-5-13(11)18-14/h2-7H,8H2,1H3,(H2,16,21)(H,17,18). The first-order valence-corrected chi connectivity index (χ1v) is 6.90. The molecule has 0 aliphatic heterocycles. The molecule has 2 aromatic heterocycles. The summed E-state index contributed by atoms with van der Waals surface area (Å²) in [4.78, 5) is 4.91. The van der Waals surface area contributed by atoms with Crippen LogP contribution in [-0.4, -0.2) is 15.1 Å². The normalized spacial score (nSPS) is 10.7. The molecule has 21 heavy (non-hydrogen) atoms. The molecule has 3 rings (SSSR count). The Balaban J connectivity index is 1.93. The van der Waals surface area contributed by atoms with E-state index in [0.717, 1.165) is 27.9 Å². The third-order valence-electron chi connectivity index (χ3n) is 3.11. The van der Waals surface area contributed by atoms with Gasteiger partial charge in [-0.2, -0.15) is 0 Å². The number of nitrogens with two attached hydrogens (primary N) is 1. The van der Waals surface area contributed by atoms with E-state index in [-0.39, 0.29) is 0 Å². The second kappa shape index (κ2) is 5.49. The maximum atomic E-state index is 5.81. The fraction of sp³-hybridized carbons (Fsp3) is 0.133. The lowest BCUT2D eigenvalue weighted by atomic mass is 10.1. The van der Waals surface area contributed by atoms with Crippen molar-refractivity contribution in [3.63, 3.8) is 0 Å². The first-order valence-electron chi connectivity index (χ1n) is 6.49. The van der Waals surface area contributed by atoms with E-state index >= 15 is 0 Å². The number of hydrogen-bond donors (Lipinski definition) is 2. The molecule has 0 aliphatic rings. The lowest BCUT2D eigenvalue weighted by Gasteiger charge is -2.09. The number of rotatable bonds is 4. The topological polar surface area (TPSA) is 77.0 Å². The fourth-order valence-corrected chi connectivity index (χ4v) is 2.32. The highest BCUT2D eigenvalue weighted by Crippen LogP contribution is 2.21. The molecular weight excluding hydrogens is 284 g/mol. The summed E-state index contributed by atoms with van der Waals surface area (Å²) in [5.41, 5.74) is 8.29. The molecule has 0 aliphatic carbocycles. The van der Waals surface area contributed by atoms with E-state index in [1.807, 2.05) is 43.3 Å². The Hall–Kier alpha value is -2.47. The Morgan fingerprint density at radius 1 is 1.33 bits per heavy atom. The molecule has 1 aromatic carbocycles. The number of hydrogen-bond acceptors (Lipinski definition) is 5. The van der Waals surface area contributed by atoms with Gasteiger partial charge < -0.3 is 15.6 Å². The summed E-state index contributed by atoms with van der Waals surface area (Å²) >= 11 is 5.12. The summed E-state index contributed by atoms with van der Waals surface area (Å²) in [5.74, 6) is 1.49. The van der Waals surface area contributed by atoms with Gasteiger partial charge in [0.25, 0.3) is 0 Å². The minimum atomic E-state index is 0.355. The molecular formula is C15H14N4OS. The van der Waals surface area contributed by atoms with Crippen molar-refractivity contribution in [2.75, 3.05) is 5.32 Å². The van der Waals surface area contributed by atoms with E-state index in [1.54, 1.807) is 0 Å². The molecule has 0 unspecified atom stereocenters. The van der Waals surface area contributed by atoms with Gasteiger partial charge in [0.2, 0.25) is 0 Å². The van der Waals surface area contributed by atoms with Gasteiger partial charge in [0.05, 0.1) is 12.1 Å². The van der Waals surface area contributed by atoms with Crippen LogP contribution in [0.15, 0.2) is 40.9 Å². The Bertz CT molecular complexity index is 812. The van der Waals surface area contributed by atoms with Crippen molar-refractivity contribution in [3.8, 4) is 0 Å². The van der Waals surface area contributed by atoms with Crippen LogP contribution in [0.3, 0.4) is 0 Å². The Kier molecular flexibility index (Phi) is 3.53. The van der Waals surface area contributed by atoms with Crippen LogP contribution < -0.4 is 11.1 Å². The highest BCUT2D eigenvalue weighted by molar-refractivity contribution is 7.80. The fourth-order valence-electron chi connectivity index (χ4n) is 2.15. The van der Waals surface area contributed by atoms with Crippen molar-refractivity contribution < 1.29 is 4.52 Å². The van der Waals surface area contributed by atoms with E-state index in [1.165, 1.54) is 0 Å². The highest BCUT2D eigenvalue weighted by Gasteiger charge is 2.08. The summed E-state index contributed by atoms with van der Waals surface area (Å²) in [6.07, 6.45) is 0. The number of benzene rings is 1. The highest BCUT2D eigenvalue weighted by atomic mass is 32.1. The third-order valence-corrected chi connectivity index (χ3v) is 3.33. The van der Waals surface area contributed by atoms with Crippen molar-refractivity contribution in [1.29, 1.82) is 0 Å². The van der Waals surface area contributed by atoms with E-state index in [2.05, 4.69) is 15.5 Å². The first kappa shape index (κ1) is 13.5. The summed E-state index contributed by atoms with van der Waals surface area (Å²) in [7, 11) is 0. The average molecular weight is 298 g/mol. The third kappa shape index (κ3) is 2.85. The zero-order chi connectivity index (χ0) is 14.8. The van der Waals surface area contributed by atoms with Gasteiger partial charge in [0.1, 0.15) is 22.3 Å². The molecule has 0 radical (unpaired) electrons. The lowest BCUT2D eigenvalue weighted by Crippen LogP contribution is -2.12. The number of fused-ring (bicyclic) bond motifs is 1. The number of anilines is 1.